The maximum absolute atomic E-state index is 12.0. The third kappa shape index (κ3) is 2.38. The Bertz CT molecular complexity index is 256. The minimum Gasteiger partial charge on any atom is -0.368 e. The van der Waals surface area contributed by atoms with Crippen LogP contribution in [0.15, 0.2) is 0 Å². The summed E-state index contributed by atoms with van der Waals surface area (Å²) in [7, 11) is 0. The smallest absolute Gasteiger partial charge is 0.251 e. The Labute approximate surface area is 97.1 Å². The zero-order valence-corrected chi connectivity index (χ0v) is 10.1. The fourth-order valence-electron chi connectivity index (χ4n) is 2.66. The summed E-state index contributed by atoms with van der Waals surface area (Å²) >= 11 is 0. The van der Waals surface area contributed by atoms with Crippen LogP contribution in [-0.2, 0) is 9.53 Å². The van der Waals surface area contributed by atoms with Crippen molar-refractivity contribution >= 4 is 5.91 Å². The predicted octanol–water partition coefficient (Wildman–Crippen LogP) is 0.895. The van der Waals surface area contributed by atoms with Crippen LogP contribution in [0.2, 0.25) is 0 Å². The standard InChI is InChI=1S/C12H22N2O2/c1-2-6-12(13)8-14(9-12)11(15)10-5-3-4-7-16-10/h10H,2-9,13H2,1H3. The molecular weight excluding hydrogens is 204 g/mol. The third-order valence-corrected chi connectivity index (χ3v) is 3.53. The van der Waals surface area contributed by atoms with Gasteiger partial charge in [-0.1, -0.05) is 13.3 Å². The molecule has 2 aliphatic rings. The van der Waals surface area contributed by atoms with Gasteiger partial charge < -0.3 is 15.4 Å². The number of nitrogens with zero attached hydrogens (tertiary/aromatic N) is 1. The molecule has 16 heavy (non-hydrogen) atoms. The minimum atomic E-state index is -0.195. The summed E-state index contributed by atoms with van der Waals surface area (Å²) < 4.78 is 5.49. The molecule has 4 heteroatoms. The van der Waals surface area contributed by atoms with Crippen LogP contribution in [0.4, 0.5) is 0 Å². The van der Waals surface area contributed by atoms with E-state index in [1.165, 1.54) is 0 Å². The highest BCUT2D eigenvalue weighted by Crippen LogP contribution is 2.26. The van der Waals surface area contributed by atoms with E-state index in [-0.39, 0.29) is 17.6 Å². The zero-order chi connectivity index (χ0) is 11.6. The van der Waals surface area contributed by atoms with Gasteiger partial charge in [-0.05, 0) is 25.7 Å². The lowest BCUT2D eigenvalue weighted by Crippen LogP contribution is -2.69. The number of hydrogen-bond donors (Lipinski definition) is 1. The molecule has 0 aromatic carbocycles. The molecule has 0 saturated carbocycles. The van der Waals surface area contributed by atoms with Gasteiger partial charge in [0, 0.05) is 19.7 Å². The van der Waals surface area contributed by atoms with E-state index in [0.717, 1.165) is 38.7 Å². The van der Waals surface area contributed by atoms with E-state index in [1.807, 2.05) is 4.90 Å². The van der Waals surface area contributed by atoms with Gasteiger partial charge in [0.25, 0.3) is 5.91 Å². The van der Waals surface area contributed by atoms with E-state index in [0.29, 0.717) is 13.1 Å². The number of rotatable bonds is 3. The summed E-state index contributed by atoms with van der Waals surface area (Å²) in [4.78, 5) is 13.9. The van der Waals surface area contributed by atoms with Crippen LogP contribution in [0.25, 0.3) is 0 Å². The van der Waals surface area contributed by atoms with Gasteiger partial charge >= 0.3 is 0 Å². The number of carbonyl (C=O) groups excluding carboxylic acids is 1. The Morgan fingerprint density at radius 3 is 2.81 bits per heavy atom. The second-order valence-corrected chi connectivity index (χ2v) is 5.16. The first-order valence-corrected chi connectivity index (χ1v) is 6.34. The third-order valence-electron chi connectivity index (χ3n) is 3.53. The van der Waals surface area contributed by atoms with Crippen LogP contribution in [0.5, 0.6) is 0 Å². The lowest BCUT2D eigenvalue weighted by molar-refractivity contribution is -0.154. The van der Waals surface area contributed by atoms with Gasteiger partial charge in [-0.25, -0.2) is 0 Å². The van der Waals surface area contributed by atoms with Gasteiger partial charge in [-0.2, -0.15) is 0 Å². The Kier molecular flexibility index (Phi) is 3.50. The van der Waals surface area contributed by atoms with Crippen molar-refractivity contribution in [3.8, 4) is 0 Å². The van der Waals surface area contributed by atoms with Crippen LogP contribution in [-0.4, -0.2) is 42.1 Å². The topological polar surface area (TPSA) is 55.6 Å². The van der Waals surface area contributed by atoms with Crippen molar-refractivity contribution in [2.75, 3.05) is 19.7 Å². The monoisotopic (exact) mass is 226 g/mol. The Balaban J connectivity index is 1.80. The van der Waals surface area contributed by atoms with E-state index < -0.39 is 0 Å². The summed E-state index contributed by atoms with van der Waals surface area (Å²) in [6.07, 6.45) is 4.95. The molecule has 0 bridgehead atoms. The van der Waals surface area contributed by atoms with E-state index in [2.05, 4.69) is 6.92 Å². The molecular formula is C12H22N2O2. The first-order chi connectivity index (χ1) is 7.64. The summed E-state index contributed by atoms with van der Waals surface area (Å²) in [6.45, 7) is 4.27. The molecule has 4 nitrogen and oxygen atoms in total. The summed E-state index contributed by atoms with van der Waals surface area (Å²) in [5.74, 6) is 0.150. The predicted molar refractivity (Wildman–Crippen MR) is 62.0 cm³/mol. The molecule has 1 atom stereocenters. The van der Waals surface area contributed by atoms with Crippen LogP contribution >= 0.6 is 0 Å². The highest BCUT2D eigenvalue weighted by Gasteiger charge is 2.43. The fraction of sp³-hybridized carbons (Fsp3) is 0.917. The number of ether oxygens (including phenoxy) is 1. The van der Waals surface area contributed by atoms with Crippen LogP contribution < -0.4 is 5.73 Å². The van der Waals surface area contributed by atoms with Gasteiger partial charge in [0.15, 0.2) is 0 Å². The molecule has 2 fully saturated rings. The quantitative estimate of drug-likeness (QED) is 0.777. The first kappa shape index (κ1) is 11.9. The van der Waals surface area contributed by atoms with Gasteiger partial charge in [0.2, 0.25) is 0 Å². The molecule has 0 aromatic heterocycles. The second kappa shape index (κ2) is 4.72. The van der Waals surface area contributed by atoms with Crippen LogP contribution in [0, 0.1) is 0 Å². The molecule has 92 valence electrons. The largest absolute Gasteiger partial charge is 0.368 e. The number of carbonyl (C=O) groups is 1. The highest BCUT2D eigenvalue weighted by atomic mass is 16.5. The van der Waals surface area contributed by atoms with Crippen molar-refractivity contribution in [3.63, 3.8) is 0 Å². The van der Waals surface area contributed by atoms with Gasteiger partial charge in [0.05, 0.1) is 5.54 Å². The number of amides is 1. The molecule has 2 rings (SSSR count). The van der Waals surface area contributed by atoms with Gasteiger partial charge in [-0.3, -0.25) is 4.79 Å². The fourth-order valence-corrected chi connectivity index (χ4v) is 2.66. The van der Waals surface area contributed by atoms with E-state index >= 15 is 0 Å². The van der Waals surface area contributed by atoms with Gasteiger partial charge in [-0.15, -0.1) is 0 Å². The summed E-state index contributed by atoms with van der Waals surface area (Å²) in [5.41, 5.74) is 6.01. The average molecular weight is 226 g/mol. The molecule has 2 aliphatic heterocycles. The second-order valence-electron chi connectivity index (χ2n) is 5.16. The van der Waals surface area contributed by atoms with Gasteiger partial charge in [0.1, 0.15) is 6.10 Å². The molecule has 0 aliphatic carbocycles. The van der Waals surface area contributed by atoms with Crippen molar-refractivity contribution in [1.29, 1.82) is 0 Å². The number of likely N-dealkylation sites (tertiary alicyclic amines) is 1. The van der Waals surface area contributed by atoms with Crippen molar-refractivity contribution in [2.45, 2.75) is 50.7 Å². The molecule has 1 unspecified atom stereocenters. The normalized spacial score (nSPS) is 28.6. The molecule has 0 spiro atoms. The average Bonchev–Trinajstić information content (AvgIpc) is 2.26. The Morgan fingerprint density at radius 1 is 1.50 bits per heavy atom. The SMILES string of the molecule is CCCC1(N)CN(C(=O)C2CCCCO2)C1. The minimum absolute atomic E-state index is 0.126. The van der Waals surface area contributed by atoms with Crippen LogP contribution in [0.3, 0.4) is 0 Å². The van der Waals surface area contributed by atoms with E-state index in [1.54, 1.807) is 0 Å². The van der Waals surface area contributed by atoms with Crippen LogP contribution in [0.1, 0.15) is 39.0 Å². The summed E-state index contributed by atoms with van der Waals surface area (Å²) in [6, 6.07) is 0. The number of nitrogens with two attached hydrogens (primary N) is 1. The lowest BCUT2D eigenvalue weighted by Gasteiger charge is -2.49. The van der Waals surface area contributed by atoms with E-state index in [4.69, 9.17) is 10.5 Å². The molecule has 0 aromatic rings. The van der Waals surface area contributed by atoms with Crippen molar-refractivity contribution < 1.29 is 9.53 Å². The van der Waals surface area contributed by atoms with E-state index in [9.17, 15) is 4.79 Å². The first-order valence-electron chi connectivity index (χ1n) is 6.34. The lowest BCUT2D eigenvalue weighted by atomic mass is 9.86. The molecule has 2 saturated heterocycles. The molecule has 0 radical (unpaired) electrons. The summed E-state index contributed by atoms with van der Waals surface area (Å²) in [5, 5.41) is 0. The Morgan fingerprint density at radius 2 is 2.25 bits per heavy atom. The maximum atomic E-state index is 12.0. The molecule has 2 heterocycles. The maximum Gasteiger partial charge on any atom is 0.251 e. The molecule has 2 N–H and O–H groups in total. The van der Waals surface area contributed by atoms with Crippen molar-refractivity contribution in [3.05, 3.63) is 0 Å². The van der Waals surface area contributed by atoms with Crippen molar-refractivity contribution in [2.24, 2.45) is 5.73 Å². The highest BCUT2D eigenvalue weighted by molar-refractivity contribution is 5.82. The Hall–Kier alpha value is -0.610. The number of hydrogen-bond acceptors (Lipinski definition) is 3. The van der Waals surface area contributed by atoms with Crippen molar-refractivity contribution in [1.82, 2.24) is 4.90 Å². The molecule has 1 amide bonds. The zero-order valence-electron chi connectivity index (χ0n) is 10.1.